The molecule has 0 saturated carbocycles. The number of hydrogen-bond donors (Lipinski definition) is 2. The number of nitrogens with one attached hydrogen (secondary N) is 2. The van der Waals surface area contributed by atoms with E-state index in [1.54, 1.807) is 0 Å². The summed E-state index contributed by atoms with van der Waals surface area (Å²) in [6, 6.07) is 17.9. The van der Waals surface area contributed by atoms with Gasteiger partial charge < -0.3 is 18.8 Å². The Bertz CT molecular complexity index is 1170. The van der Waals surface area contributed by atoms with Crippen molar-refractivity contribution < 1.29 is 28.7 Å². The van der Waals surface area contributed by atoms with Crippen molar-refractivity contribution in [2.24, 2.45) is 10.9 Å². The number of β-lactam (4-membered cyclic amide) rings is 1. The monoisotopic (exact) mass is 580 g/mol. The molecule has 2 N–H and O–H groups in total. The lowest BCUT2D eigenvalue weighted by molar-refractivity contribution is -0.151. The maximum atomic E-state index is 13.0. The van der Waals surface area contributed by atoms with Crippen LogP contribution in [0, 0.1) is 5.92 Å². The number of rotatable bonds is 10. The van der Waals surface area contributed by atoms with Gasteiger partial charge >= 0.3 is 12.2 Å². The van der Waals surface area contributed by atoms with Gasteiger partial charge in [0, 0.05) is 6.54 Å². The van der Waals surface area contributed by atoms with E-state index in [0.29, 0.717) is 12.8 Å². The predicted molar refractivity (Wildman–Crippen MR) is 158 cm³/mol. The van der Waals surface area contributed by atoms with Crippen LogP contribution >= 0.6 is 0 Å². The molecule has 3 amide bonds. The quantitative estimate of drug-likeness (QED) is 0.102. The van der Waals surface area contributed by atoms with Crippen molar-refractivity contribution in [2.45, 2.75) is 71.0 Å². The standard InChI is InChI=1S/C30H40N4O6Si/c1-30(2,3)41(4,5)34-25(19-35)24(26(34)36)17-12-18-31-27(32-28(37)39-20-22-13-8-6-9-14-22)33-29(38)40-21-23-15-10-7-11-16-23/h6-11,13-16,19,24-25H,12,17-18,20-21H2,1-5H3,(H2,31,32,33,37,38)/t24-,25-/m1/s1. The van der Waals surface area contributed by atoms with Crippen LogP contribution in [0.4, 0.5) is 9.59 Å². The molecule has 0 aliphatic carbocycles. The molecule has 3 rings (SSSR count). The lowest BCUT2D eigenvalue weighted by Gasteiger charge is -2.56. The summed E-state index contributed by atoms with van der Waals surface area (Å²) in [5.41, 5.74) is 1.61. The van der Waals surface area contributed by atoms with Crippen LogP contribution in [0.15, 0.2) is 65.7 Å². The van der Waals surface area contributed by atoms with Crippen molar-refractivity contribution >= 4 is 38.6 Å². The third-order valence-corrected chi connectivity index (χ3v) is 13.0. The number of carbonyl (C=O) groups excluding carboxylic acids is 4. The first-order valence-corrected chi connectivity index (χ1v) is 16.7. The first kappa shape index (κ1) is 31.5. The van der Waals surface area contributed by atoms with Gasteiger partial charge in [0.15, 0.2) is 8.24 Å². The van der Waals surface area contributed by atoms with Crippen molar-refractivity contribution in [3.05, 3.63) is 71.8 Å². The van der Waals surface area contributed by atoms with Crippen molar-refractivity contribution in [2.75, 3.05) is 6.54 Å². The molecule has 220 valence electrons. The Morgan fingerprint density at radius 3 is 1.85 bits per heavy atom. The summed E-state index contributed by atoms with van der Waals surface area (Å²) in [5.74, 6) is -0.521. The Balaban J connectivity index is 1.58. The summed E-state index contributed by atoms with van der Waals surface area (Å²) < 4.78 is 12.3. The number of guanidine groups is 1. The van der Waals surface area contributed by atoms with Crippen LogP contribution < -0.4 is 10.6 Å². The molecular weight excluding hydrogens is 540 g/mol. The van der Waals surface area contributed by atoms with Gasteiger partial charge in [-0.25, -0.2) is 9.59 Å². The van der Waals surface area contributed by atoms with Gasteiger partial charge in [0.05, 0.1) is 12.0 Å². The molecule has 10 nitrogen and oxygen atoms in total. The minimum atomic E-state index is -2.18. The number of ether oxygens (including phenoxy) is 2. The Kier molecular flexibility index (Phi) is 10.8. The topological polar surface area (TPSA) is 126 Å². The van der Waals surface area contributed by atoms with Crippen molar-refractivity contribution in [1.82, 2.24) is 15.2 Å². The fourth-order valence-electron chi connectivity index (χ4n) is 4.35. The van der Waals surface area contributed by atoms with Gasteiger partial charge in [-0.1, -0.05) is 94.5 Å². The highest BCUT2D eigenvalue weighted by Gasteiger charge is 2.56. The average Bonchev–Trinajstić information content (AvgIpc) is 2.93. The predicted octanol–water partition coefficient (Wildman–Crippen LogP) is 5.01. The smallest absolute Gasteiger partial charge is 0.414 e. The zero-order chi connectivity index (χ0) is 30.0. The Morgan fingerprint density at radius 2 is 1.41 bits per heavy atom. The largest absolute Gasteiger partial charge is 0.444 e. The first-order chi connectivity index (χ1) is 19.4. The molecule has 41 heavy (non-hydrogen) atoms. The van der Waals surface area contributed by atoms with Gasteiger partial charge in [-0.3, -0.25) is 20.4 Å². The molecule has 1 aliphatic rings. The van der Waals surface area contributed by atoms with Gasteiger partial charge in [-0.2, -0.15) is 0 Å². The van der Waals surface area contributed by atoms with Gasteiger partial charge in [0.2, 0.25) is 11.9 Å². The van der Waals surface area contributed by atoms with E-state index in [2.05, 4.69) is 49.5 Å². The number of aliphatic imine (C=N–C) groups is 1. The van der Waals surface area contributed by atoms with Crippen molar-refractivity contribution in [1.29, 1.82) is 0 Å². The fourth-order valence-corrected chi connectivity index (χ4v) is 6.78. The van der Waals surface area contributed by atoms with E-state index in [-0.39, 0.29) is 36.7 Å². The highest BCUT2D eigenvalue weighted by molar-refractivity contribution is 6.80. The van der Waals surface area contributed by atoms with E-state index in [1.807, 2.05) is 65.2 Å². The summed E-state index contributed by atoms with van der Waals surface area (Å²) in [4.78, 5) is 54.1. The number of alkyl carbamates (subject to hydrolysis) is 2. The van der Waals surface area contributed by atoms with Crippen LogP contribution in [0.3, 0.4) is 0 Å². The molecule has 1 aliphatic heterocycles. The molecule has 1 heterocycles. The van der Waals surface area contributed by atoms with Crippen LogP contribution in [-0.2, 0) is 32.3 Å². The van der Waals surface area contributed by atoms with Gasteiger partial charge in [0.1, 0.15) is 19.5 Å². The van der Waals surface area contributed by atoms with E-state index < -0.39 is 32.4 Å². The zero-order valence-corrected chi connectivity index (χ0v) is 25.4. The zero-order valence-electron chi connectivity index (χ0n) is 24.4. The van der Waals surface area contributed by atoms with E-state index >= 15 is 0 Å². The molecule has 0 bridgehead atoms. The van der Waals surface area contributed by atoms with Gasteiger partial charge in [-0.05, 0) is 29.0 Å². The summed E-state index contributed by atoms with van der Waals surface area (Å²) >= 11 is 0. The number of benzene rings is 2. The molecule has 2 atom stereocenters. The number of hydrogen-bond acceptors (Lipinski definition) is 7. The van der Waals surface area contributed by atoms with Crippen LogP contribution in [-0.4, -0.2) is 55.7 Å². The molecule has 1 saturated heterocycles. The number of amides is 3. The molecule has 11 heteroatoms. The van der Waals surface area contributed by atoms with E-state index in [4.69, 9.17) is 9.47 Å². The average molecular weight is 581 g/mol. The normalized spacial score (nSPS) is 16.7. The molecule has 2 aromatic rings. The summed E-state index contributed by atoms with van der Waals surface area (Å²) in [6.07, 6.45) is 0.209. The third kappa shape index (κ3) is 8.50. The number of nitrogens with zero attached hydrogens (tertiary/aromatic N) is 2. The van der Waals surface area contributed by atoms with Gasteiger partial charge in [-0.15, -0.1) is 0 Å². The van der Waals surface area contributed by atoms with Crippen LogP contribution in [0.25, 0.3) is 0 Å². The summed E-state index contributed by atoms with van der Waals surface area (Å²) in [5, 5.41) is 4.84. The highest BCUT2D eigenvalue weighted by Crippen LogP contribution is 2.45. The third-order valence-electron chi connectivity index (χ3n) is 7.65. The van der Waals surface area contributed by atoms with Gasteiger partial charge in [0.25, 0.3) is 0 Å². The minimum absolute atomic E-state index is 0.00289. The Morgan fingerprint density at radius 1 is 0.927 bits per heavy atom. The molecule has 2 aromatic carbocycles. The molecule has 1 fully saturated rings. The fraction of sp³-hybridized carbons (Fsp3) is 0.433. The number of carbonyl (C=O) groups is 4. The summed E-state index contributed by atoms with van der Waals surface area (Å²) in [6.45, 7) is 10.8. The maximum absolute atomic E-state index is 13.0. The lowest BCUT2D eigenvalue weighted by Crippen LogP contribution is -2.73. The van der Waals surface area contributed by atoms with Crippen molar-refractivity contribution in [3.63, 3.8) is 0 Å². The first-order valence-electron chi connectivity index (χ1n) is 13.7. The SMILES string of the molecule is CC(C)(C)[Si](C)(C)N1C(=O)[C@H](CCCN=C(NC(=O)OCc2ccccc2)NC(=O)OCc2ccccc2)[C@H]1C=O. The van der Waals surface area contributed by atoms with Crippen LogP contribution in [0.1, 0.15) is 44.7 Å². The second-order valence-corrected chi connectivity index (χ2v) is 16.6. The Labute approximate surface area is 242 Å². The molecule has 0 radical (unpaired) electrons. The highest BCUT2D eigenvalue weighted by atomic mass is 28.3. The minimum Gasteiger partial charge on any atom is -0.444 e. The molecule has 0 aromatic heterocycles. The molecular formula is C30H40N4O6Si. The molecule has 0 unspecified atom stereocenters. The second-order valence-electron chi connectivity index (χ2n) is 11.5. The summed E-state index contributed by atoms with van der Waals surface area (Å²) in [7, 11) is -2.18. The molecule has 0 spiro atoms. The van der Waals surface area contributed by atoms with E-state index in [1.165, 1.54) is 0 Å². The van der Waals surface area contributed by atoms with E-state index in [9.17, 15) is 19.2 Å². The van der Waals surface area contributed by atoms with E-state index in [0.717, 1.165) is 17.4 Å². The maximum Gasteiger partial charge on any atom is 0.414 e. The Hall–Kier alpha value is -3.99. The lowest BCUT2D eigenvalue weighted by atomic mass is 9.87. The van der Waals surface area contributed by atoms with Crippen molar-refractivity contribution in [3.8, 4) is 0 Å². The second kappa shape index (κ2) is 14.1. The number of aldehydes is 1. The van der Waals surface area contributed by atoms with Crippen LogP contribution in [0.5, 0.6) is 0 Å². The van der Waals surface area contributed by atoms with Crippen LogP contribution in [0.2, 0.25) is 18.1 Å².